The lowest BCUT2D eigenvalue weighted by molar-refractivity contribution is -0.124. The van der Waals surface area contributed by atoms with Gasteiger partial charge in [0.05, 0.1) is 5.41 Å². The molecule has 1 aliphatic rings. The molecule has 1 atom stereocenters. The Hall–Kier alpha value is -1.88. The van der Waals surface area contributed by atoms with E-state index in [0.717, 1.165) is 18.5 Å². The van der Waals surface area contributed by atoms with Crippen LogP contribution < -0.4 is 16.4 Å². The molecule has 1 fully saturated rings. The van der Waals surface area contributed by atoms with E-state index in [2.05, 4.69) is 10.6 Å². The zero-order chi connectivity index (χ0) is 15.5. The summed E-state index contributed by atoms with van der Waals surface area (Å²) in [5.74, 6) is 0.176. The maximum Gasteiger partial charge on any atom is 0.231 e. The van der Waals surface area contributed by atoms with Gasteiger partial charge in [-0.2, -0.15) is 0 Å². The van der Waals surface area contributed by atoms with E-state index in [9.17, 15) is 9.59 Å². The van der Waals surface area contributed by atoms with Crippen LogP contribution in [-0.2, 0) is 9.59 Å². The number of nitrogens with one attached hydrogen (secondary N) is 2. The average molecular weight is 289 g/mol. The summed E-state index contributed by atoms with van der Waals surface area (Å²) >= 11 is 0. The van der Waals surface area contributed by atoms with Gasteiger partial charge >= 0.3 is 0 Å². The molecule has 4 N–H and O–H groups in total. The second kappa shape index (κ2) is 6.26. The van der Waals surface area contributed by atoms with Crippen LogP contribution >= 0.6 is 0 Å². The van der Waals surface area contributed by atoms with Crippen LogP contribution in [0.4, 0.5) is 11.4 Å². The van der Waals surface area contributed by atoms with Crippen LogP contribution in [0, 0.1) is 11.3 Å². The lowest BCUT2D eigenvalue weighted by Crippen LogP contribution is -2.39. The first-order chi connectivity index (χ1) is 9.98. The number of carbonyl (C=O) groups excluding carboxylic acids is 2. The molecule has 0 heterocycles. The third kappa shape index (κ3) is 3.82. The van der Waals surface area contributed by atoms with Crippen molar-refractivity contribution < 1.29 is 9.59 Å². The summed E-state index contributed by atoms with van der Waals surface area (Å²) in [5, 5.41) is 5.73. The predicted molar refractivity (Wildman–Crippen MR) is 83.9 cm³/mol. The molecule has 0 spiro atoms. The highest BCUT2D eigenvalue weighted by Crippen LogP contribution is 2.30. The number of nitrogens with two attached hydrogens (primary N) is 1. The molecule has 0 radical (unpaired) electrons. The third-order valence-electron chi connectivity index (χ3n) is 4.14. The molecule has 2 amide bonds. The number of rotatable bonds is 6. The van der Waals surface area contributed by atoms with E-state index < -0.39 is 5.41 Å². The van der Waals surface area contributed by atoms with E-state index in [1.165, 1.54) is 0 Å². The van der Waals surface area contributed by atoms with Gasteiger partial charge in [-0.15, -0.1) is 0 Å². The minimum Gasteiger partial charge on any atom is -0.329 e. The number of anilines is 2. The first kappa shape index (κ1) is 15.5. The Morgan fingerprint density at radius 3 is 2.14 bits per heavy atom. The number of hydrogen-bond donors (Lipinski definition) is 3. The highest BCUT2D eigenvalue weighted by Gasteiger charge is 2.30. The molecule has 5 heteroatoms. The van der Waals surface area contributed by atoms with Crippen LogP contribution in [0.2, 0.25) is 0 Å². The lowest BCUT2D eigenvalue weighted by Gasteiger charge is -2.25. The molecule has 114 valence electrons. The standard InChI is InChI=1S/C16H23N3O2/c1-3-16(2,10-17)15(21)19-13-8-6-12(7-9-13)18-14(20)11-4-5-11/h6-9,11H,3-5,10,17H2,1-2H3,(H,18,20)(H,19,21). The number of hydrogen-bond acceptors (Lipinski definition) is 3. The van der Waals surface area contributed by atoms with Gasteiger partial charge in [-0.05, 0) is 50.5 Å². The van der Waals surface area contributed by atoms with Crippen molar-refractivity contribution in [3.05, 3.63) is 24.3 Å². The molecular formula is C16H23N3O2. The largest absolute Gasteiger partial charge is 0.329 e. The first-order valence-electron chi connectivity index (χ1n) is 7.41. The van der Waals surface area contributed by atoms with Crippen molar-refractivity contribution >= 4 is 23.2 Å². The minimum absolute atomic E-state index is 0.0773. The van der Waals surface area contributed by atoms with Crippen molar-refractivity contribution in [1.82, 2.24) is 0 Å². The van der Waals surface area contributed by atoms with Gasteiger partial charge in [-0.1, -0.05) is 6.92 Å². The number of benzene rings is 1. The van der Waals surface area contributed by atoms with E-state index in [1.807, 2.05) is 13.8 Å². The first-order valence-corrected chi connectivity index (χ1v) is 7.41. The molecule has 1 aromatic carbocycles. The Morgan fingerprint density at radius 2 is 1.71 bits per heavy atom. The summed E-state index contributed by atoms with van der Waals surface area (Å²) in [6, 6.07) is 7.16. The molecular weight excluding hydrogens is 266 g/mol. The van der Waals surface area contributed by atoms with Crippen LogP contribution in [0.25, 0.3) is 0 Å². The van der Waals surface area contributed by atoms with E-state index in [4.69, 9.17) is 5.73 Å². The summed E-state index contributed by atoms with van der Waals surface area (Å²) in [7, 11) is 0. The maximum atomic E-state index is 12.2. The highest BCUT2D eigenvalue weighted by atomic mass is 16.2. The molecule has 1 saturated carbocycles. The summed E-state index contributed by atoms with van der Waals surface area (Å²) in [4.78, 5) is 23.8. The van der Waals surface area contributed by atoms with Gasteiger partial charge in [-0.25, -0.2) is 0 Å². The van der Waals surface area contributed by atoms with Crippen LogP contribution in [0.5, 0.6) is 0 Å². The summed E-state index contributed by atoms with van der Waals surface area (Å²) in [6.07, 6.45) is 2.65. The van der Waals surface area contributed by atoms with Crippen molar-refractivity contribution in [2.75, 3.05) is 17.2 Å². The Labute approximate surface area is 125 Å². The van der Waals surface area contributed by atoms with Crippen LogP contribution in [0.15, 0.2) is 24.3 Å². The number of carbonyl (C=O) groups is 2. The van der Waals surface area contributed by atoms with E-state index in [0.29, 0.717) is 18.7 Å². The summed E-state index contributed by atoms with van der Waals surface area (Å²) in [6.45, 7) is 4.11. The smallest absolute Gasteiger partial charge is 0.231 e. The molecule has 1 unspecified atom stereocenters. The Balaban J connectivity index is 1.95. The quantitative estimate of drug-likeness (QED) is 0.751. The topological polar surface area (TPSA) is 84.2 Å². The fourth-order valence-corrected chi connectivity index (χ4v) is 1.91. The van der Waals surface area contributed by atoms with Gasteiger partial charge in [0, 0.05) is 23.8 Å². The van der Waals surface area contributed by atoms with Crippen molar-refractivity contribution in [2.24, 2.45) is 17.1 Å². The second-order valence-electron chi connectivity index (χ2n) is 5.91. The average Bonchev–Trinajstić information content (AvgIpc) is 3.33. The molecule has 0 bridgehead atoms. The normalized spacial score (nSPS) is 16.9. The lowest BCUT2D eigenvalue weighted by atomic mass is 9.86. The maximum absolute atomic E-state index is 12.2. The van der Waals surface area contributed by atoms with Gasteiger partial charge in [0.1, 0.15) is 0 Å². The molecule has 1 aliphatic carbocycles. The van der Waals surface area contributed by atoms with Crippen molar-refractivity contribution in [2.45, 2.75) is 33.1 Å². The highest BCUT2D eigenvalue weighted by molar-refractivity contribution is 5.96. The summed E-state index contributed by atoms with van der Waals surface area (Å²) < 4.78 is 0. The van der Waals surface area contributed by atoms with Gasteiger partial charge in [0.15, 0.2) is 0 Å². The molecule has 0 aliphatic heterocycles. The van der Waals surface area contributed by atoms with Crippen molar-refractivity contribution in [3.63, 3.8) is 0 Å². The molecule has 2 rings (SSSR count). The van der Waals surface area contributed by atoms with Gasteiger partial charge in [0.25, 0.3) is 0 Å². The SMILES string of the molecule is CCC(C)(CN)C(=O)Nc1ccc(NC(=O)C2CC2)cc1. The fourth-order valence-electron chi connectivity index (χ4n) is 1.91. The monoisotopic (exact) mass is 289 g/mol. The Kier molecular flexibility index (Phi) is 4.63. The van der Waals surface area contributed by atoms with Crippen molar-refractivity contribution in [1.29, 1.82) is 0 Å². The van der Waals surface area contributed by atoms with E-state index in [-0.39, 0.29) is 17.7 Å². The Bertz CT molecular complexity index is 517. The fraction of sp³-hybridized carbons (Fsp3) is 0.500. The summed E-state index contributed by atoms with van der Waals surface area (Å²) in [5.41, 5.74) is 6.58. The van der Waals surface area contributed by atoms with Gasteiger partial charge in [0.2, 0.25) is 11.8 Å². The van der Waals surface area contributed by atoms with E-state index in [1.54, 1.807) is 24.3 Å². The van der Waals surface area contributed by atoms with Crippen LogP contribution in [-0.4, -0.2) is 18.4 Å². The molecule has 0 aromatic heterocycles. The minimum atomic E-state index is -0.557. The van der Waals surface area contributed by atoms with Crippen LogP contribution in [0.3, 0.4) is 0 Å². The molecule has 0 saturated heterocycles. The molecule has 21 heavy (non-hydrogen) atoms. The second-order valence-corrected chi connectivity index (χ2v) is 5.91. The third-order valence-corrected chi connectivity index (χ3v) is 4.14. The van der Waals surface area contributed by atoms with Gasteiger partial charge in [-0.3, -0.25) is 9.59 Å². The van der Waals surface area contributed by atoms with E-state index >= 15 is 0 Å². The molecule has 5 nitrogen and oxygen atoms in total. The zero-order valence-corrected chi connectivity index (χ0v) is 12.6. The molecule has 1 aromatic rings. The van der Waals surface area contributed by atoms with Crippen LogP contribution in [0.1, 0.15) is 33.1 Å². The predicted octanol–water partition coefficient (Wildman–Crippen LogP) is 2.35. The van der Waals surface area contributed by atoms with Crippen molar-refractivity contribution in [3.8, 4) is 0 Å². The number of amides is 2. The van der Waals surface area contributed by atoms with Gasteiger partial charge < -0.3 is 16.4 Å². The Morgan fingerprint density at radius 1 is 1.19 bits per heavy atom. The zero-order valence-electron chi connectivity index (χ0n) is 12.6.